The van der Waals surface area contributed by atoms with E-state index in [0.717, 1.165) is 23.2 Å². The Bertz CT molecular complexity index is 1240. The zero-order valence-corrected chi connectivity index (χ0v) is 17.2. The summed E-state index contributed by atoms with van der Waals surface area (Å²) in [6.07, 6.45) is 3.87. The van der Waals surface area contributed by atoms with Crippen LogP contribution in [0.25, 0.3) is 5.69 Å². The first-order valence-electron chi connectivity index (χ1n) is 10.3. The molecular weight excluding hydrogens is 411 g/mol. The molecule has 0 aliphatic carbocycles. The summed E-state index contributed by atoms with van der Waals surface area (Å²) in [5.41, 5.74) is 3.62. The highest BCUT2D eigenvalue weighted by Crippen LogP contribution is 2.25. The molecule has 3 heterocycles. The predicted molar refractivity (Wildman–Crippen MR) is 114 cm³/mol. The van der Waals surface area contributed by atoms with Crippen LogP contribution < -0.4 is 5.32 Å². The summed E-state index contributed by atoms with van der Waals surface area (Å²) in [7, 11) is 0. The number of hydrogen-bond donors (Lipinski definition) is 1. The van der Waals surface area contributed by atoms with Gasteiger partial charge in [0.25, 0.3) is 5.91 Å². The van der Waals surface area contributed by atoms with E-state index >= 15 is 0 Å². The first-order valence-corrected chi connectivity index (χ1v) is 10.3. The van der Waals surface area contributed by atoms with Gasteiger partial charge in [-0.25, -0.2) is 14.1 Å². The molecule has 9 heteroatoms. The molecule has 2 aromatic carbocycles. The molecular formula is C23H21FN6O2. The highest BCUT2D eigenvalue weighted by molar-refractivity contribution is 5.90. The molecule has 4 aromatic rings. The lowest BCUT2D eigenvalue weighted by molar-refractivity contribution is 0.0382. The highest BCUT2D eigenvalue weighted by atomic mass is 19.1. The maximum atomic E-state index is 13.4. The zero-order chi connectivity index (χ0) is 21.9. The second-order valence-electron chi connectivity index (χ2n) is 7.53. The molecule has 1 aliphatic heterocycles. The molecule has 32 heavy (non-hydrogen) atoms. The summed E-state index contributed by atoms with van der Waals surface area (Å²) in [6, 6.07) is 16.0. The normalized spacial score (nSPS) is 15.3. The Balaban J connectivity index is 1.25. The first kappa shape index (κ1) is 20.1. The second-order valence-corrected chi connectivity index (χ2v) is 7.53. The molecule has 0 bridgehead atoms. The summed E-state index contributed by atoms with van der Waals surface area (Å²) in [5.74, 6) is -0.819. The molecule has 1 N–H and O–H groups in total. The van der Waals surface area contributed by atoms with Crippen molar-refractivity contribution in [2.45, 2.75) is 19.1 Å². The lowest BCUT2D eigenvalue weighted by Crippen LogP contribution is -2.32. The third kappa shape index (κ3) is 4.28. The van der Waals surface area contributed by atoms with Crippen LogP contribution in [0.1, 0.15) is 33.5 Å². The molecule has 1 amide bonds. The molecule has 8 nitrogen and oxygen atoms in total. The molecule has 1 atom stereocenters. The van der Waals surface area contributed by atoms with E-state index in [4.69, 9.17) is 9.84 Å². The van der Waals surface area contributed by atoms with Crippen LogP contribution in [0.2, 0.25) is 0 Å². The molecule has 1 aliphatic rings. The van der Waals surface area contributed by atoms with Gasteiger partial charge in [-0.1, -0.05) is 36.4 Å². The van der Waals surface area contributed by atoms with Gasteiger partial charge in [0.2, 0.25) is 5.82 Å². The van der Waals surface area contributed by atoms with Gasteiger partial charge in [-0.3, -0.25) is 9.48 Å². The van der Waals surface area contributed by atoms with Crippen LogP contribution in [-0.4, -0.2) is 43.6 Å². The molecule has 0 saturated carbocycles. The number of halogens is 1. The molecule has 5 rings (SSSR count). The Morgan fingerprint density at radius 3 is 2.88 bits per heavy atom. The molecule has 162 valence electrons. The summed E-state index contributed by atoms with van der Waals surface area (Å²) < 4.78 is 22.6. The van der Waals surface area contributed by atoms with Crippen molar-refractivity contribution in [1.82, 2.24) is 29.9 Å². The van der Waals surface area contributed by atoms with Crippen LogP contribution in [-0.2, 0) is 17.7 Å². The van der Waals surface area contributed by atoms with E-state index in [1.54, 1.807) is 12.1 Å². The molecule has 0 fully saturated rings. The number of nitrogens with one attached hydrogen (secondary N) is 1. The predicted octanol–water partition coefficient (Wildman–Crippen LogP) is 2.70. The fraction of sp³-hybridized carbons (Fsp3) is 0.217. The minimum Gasteiger partial charge on any atom is -0.370 e. The van der Waals surface area contributed by atoms with Crippen LogP contribution in [0.4, 0.5) is 4.39 Å². The number of amides is 1. The topological polar surface area (TPSA) is 86.9 Å². The smallest absolute Gasteiger partial charge is 0.291 e. The number of hydrogen-bond acceptors (Lipinski definition) is 5. The maximum absolute atomic E-state index is 13.4. The Labute approximate surface area is 183 Å². The van der Waals surface area contributed by atoms with E-state index in [-0.39, 0.29) is 24.3 Å². The Morgan fingerprint density at radius 1 is 1.16 bits per heavy atom. The third-order valence-corrected chi connectivity index (χ3v) is 5.27. The van der Waals surface area contributed by atoms with Gasteiger partial charge in [-0.2, -0.15) is 5.10 Å². The van der Waals surface area contributed by atoms with Gasteiger partial charge in [0.05, 0.1) is 24.5 Å². The van der Waals surface area contributed by atoms with Crippen molar-refractivity contribution in [3.05, 3.63) is 95.6 Å². The lowest BCUT2D eigenvalue weighted by Gasteiger charge is -2.21. The number of carbonyl (C=O) groups is 1. The van der Waals surface area contributed by atoms with E-state index in [1.807, 2.05) is 29.1 Å². The van der Waals surface area contributed by atoms with Crippen molar-refractivity contribution >= 4 is 5.91 Å². The largest absolute Gasteiger partial charge is 0.370 e. The molecule has 0 spiro atoms. The van der Waals surface area contributed by atoms with Crippen molar-refractivity contribution in [3.8, 4) is 5.69 Å². The van der Waals surface area contributed by atoms with E-state index < -0.39 is 5.91 Å². The van der Waals surface area contributed by atoms with Crippen molar-refractivity contribution in [1.29, 1.82) is 0 Å². The molecule has 0 radical (unpaired) electrons. The fourth-order valence-corrected chi connectivity index (χ4v) is 3.71. The van der Waals surface area contributed by atoms with Gasteiger partial charge in [-0.15, -0.1) is 5.10 Å². The Kier molecular flexibility index (Phi) is 5.47. The van der Waals surface area contributed by atoms with Gasteiger partial charge in [-0.05, 0) is 35.7 Å². The van der Waals surface area contributed by atoms with Crippen molar-refractivity contribution in [2.24, 2.45) is 0 Å². The van der Waals surface area contributed by atoms with Crippen LogP contribution in [0, 0.1) is 5.82 Å². The summed E-state index contributed by atoms with van der Waals surface area (Å²) in [6.45, 7) is 1.49. The zero-order valence-electron chi connectivity index (χ0n) is 17.2. The SMILES string of the molecule is O=C(NC[C@@H]1OCCc2cn(Cc3ccccc3)nc21)c1ncn(-c2cccc(F)c2)n1. The third-order valence-electron chi connectivity index (χ3n) is 5.27. The van der Waals surface area contributed by atoms with Crippen molar-refractivity contribution in [3.63, 3.8) is 0 Å². The minimum absolute atomic E-state index is 0.0000916. The average molecular weight is 432 g/mol. The number of rotatable bonds is 6. The van der Waals surface area contributed by atoms with Crippen LogP contribution >= 0.6 is 0 Å². The standard InChI is InChI=1S/C23H21FN6O2/c24-18-7-4-8-19(11-18)30-15-26-22(28-30)23(31)25-12-20-21-17(9-10-32-20)14-29(27-21)13-16-5-2-1-3-6-16/h1-8,11,14-15,20H,9-10,12-13H2,(H,25,31)/t20-/m0/s1. The second kappa shape index (κ2) is 8.72. The van der Waals surface area contributed by atoms with Gasteiger partial charge in [0.15, 0.2) is 0 Å². The molecule has 0 saturated heterocycles. The van der Waals surface area contributed by atoms with Gasteiger partial charge >= 0.3 is 0 Å². The van der Waals surface area contributed by atoms with Crippen LogP contribution in [0.15, 0.2) is 67.1 Å². The number of nitrogens with zero attached hydrogens (tertiary/aromatic N) is 5. The summed E-state index contributed by atoms with van der Waals surface area (Å²) >= 11 is 0. The Morgan fingerprint density at radius 2 is 2.03 bits per heavy atom. The summed E-state index contributed by atoms with van der Waals surface area (Å²) in [4.78, 5) is 16.6. The molecule has 2 aromatic heterocycles. The van der Waals surface area contributed by atoms with E-state index in [2.05, 4.69) is 27.5 Å². The van der Waals surface area contributed by atoms with Crippen LogP contribution in [0.5, 0.6) is 0 Å². The fourth-order valence-electron chi connectivity index (χ4n) is 3.71. The monoisotopic (exact) mass is 432 g/mol. The number of carbonyl (C=O) groups excluding carboxylic acids is 1. The highest BCUT2D eigenvalue weighted by Gasteiger charge is 2.26. The van der Waals surface area contributed by atoms with E-state index in [0.29, 0.717) is 18.8 Å². The minimum atomic E-state index is -0.431. The summed E-state index contributed by atoms with van der Waals surface area (Å²) in [5, 5.41) is 11.7. The quantitative estimate of drug-likeness (QED) is 0.506. The first-order chi connectivity index (χ1) is 15.7. The average Bonchev–Trinajstić information content (AvgIpc) is 3.45. The molecule has 0 unspecified atom stereocenters. The number of fused-ring (bicyclic) bond motifs is 1. The maximum Gasteiger partial charge on any atom is 0.291 e. The van der Waals surface area contributed by atoms with E-state index in [9.17, 15) is 9.18 Å². The number of benzene rings is 2. The lowest BCUT2D eigenvalue weighted by atomic mass is 10.1. The van der Waals surface area contributed by atoms with Gasteiger partial charge in [0, 0.05) is 12.7 Å². The number of ether oxygens (including phenoxy) is 1. The van der Waals surface area contributed by atoms with Crippen molar-refractivity contribution < 1.29 is 13.9 Å². The van der Waals surface area contributed by atoms with Gasteiger partial charge in [0.1, 0.15) is 18.2 Å². The number of aromatic nitrogens is 5. The van der Waals surface area contributed by atoms with Gasteiger partial charge < -0.3 is 10.1 Å². The Hall–Kier alpha value is -3.85. The van der Waals surface area contributed by atoms with Crippen molar-refractivity contribution in [2.75, 3.05) is 13.2 Å². The van der Waals surface area contributed by atoms with Crippen LogP contribution in [0.3, 0.4) is 0 Å². The van der Waals surface area contributed by atoms with E-state index in [1.165, 1.54) is 23.1 Å².